The van der Waals surface area contributed by atoms with E-state index in [1.54, 1.807) is 12.1 Å². The SMILES string of the molecule is COc1ccc(Cl)cc1NC(=O)COC(=O)c1ccn[nH]1. The highest BCUT2D eigenvalue weighted by atomic mass is 35.5. The number of esters is 1. The minimum atomic E-state index is -0.666. The number of rotatable bonds is 5. The second-order valence-corrected chi connectivity index (χ2v) is 4.38. The molecule has 0 aliphatic carbocycles. The molecule has 0 radical (unpaired) electrons. The minimum Gasteiger partial charge on any atom is -0.495 e. The van der Waals surface area contributed by atoms with Crippen molar-refractivity contribution in [2.24, 2.45) is 0 Å². The van der Waals surface area contributed by atoms with Gasteiger partial charge in [-0.25, -0.2) is 4.79 Å². The summed E-state index contributed by atoms with van der Waals surface area (Å²) in [5.41, 5.74) is 0.565. The Morgan fingerprint density at radius 1 is 1.38 bits per heavy atom. The number of halogens is 1. The predicted molar refractivity (Wildman–Crippen MR) is 75.5 cm³/mol. The average molecular weight is 310 g/mol. The Morgan fingerprint density at radius 2 is 2.19 bits per heavy atom. The largest absolute Gasteiger partial charge is 0.495 e. The Morgan fingerprint density at radius 3 is 2.86 bits per heavy atom. The summed E-state index contributed by atoms with van der Waals surface area (Å²) in [7, 11) is 1.47. The maximum absolute atomic E-state index is 11.8. The summed E-state index contributed by atoms with van der Waals surface area (Å²) in [6.45, 7) is -0.437. The van der Waals surface area contributed by atoms with Crippen molar-refractivity contribution in [3.8, 4) is 5.75 Å². The molecule has 7 nitrogen and oxygen atoms in total. The quantitative estimate of drug-likeness (QED) is 0.822. The number of carbonyl (C=O) groups excluding carboxylic acids is 2. The summed E-state index contributed by atoms with van der Waals surface area (Å²) in [5, 5.41) is 9.05. The summed E-state index contributed by atoms with van der Waals surface area (Å²) in [6.07, 6.45) is 1.41. The molecule has 0 saturated carbocycles. The monoisotopic (exact) mass is 309 g/mol. The molecular weight excluding hydrogens is 298 g/mol. The van der Waals surface area contributed by atoms with Crippen molar-refractivity contribution in [3.63, 3.8) is 0 Å². The fourth-order valence-electron chi connectivity index (χ4n) is 1.54. The molecule has 0 aliphatic heterocycles. The summed E-state index contributed by atoms with van der Waals surface area (Å²) < 4.78 is 9.92. The third kappa shape index (κ3) is 3.96. The summed E-state index contributed by atoms with van der Waals surface area (Å²) >= 11 is 5.85. The van der Waals surface area contributed by atoms with E-state index in [1.807, 2.05) is 0 Å². The van der Waals surface area contributed by atoms with Crippen molar-refractivity contribution in [3.05, 3.63) is 41.2 Å². The first-order valence-electron chi connectivity index (χ1n) is 5.90. The number of anilines is 1. The zero-order chi connectivity index (χ0) is 15.2. The molecule has 8 heteroatoms. The van der Waals surface area contributed by atoms with Crippen molar-refractivity contribution in [1.82, 2.24) is 10.2 Å². The van der Waals surface area contributed by atoms with Gasteiger partial charge in [0.15, 0.2) is 6.61 Å². The maximum atomic E-state index is 11.8. The Bertz CT molecular complexity index is 643. The van der Waals surface area contributed by atoms with Gasteiger partial charge in [-0.1, -0.05) is 11.6 Å². The molecule has 2 aromatic rings. The molecule has 2 rings (SSSR count). The van der Waals surface area contributed by atoms with Gasteiger partial charge in [0.2, 0.25) is 0 Å². The molecule has 0 aliphatic rings. The molecule has 0 saturated heterocycles. The van der Waals surface area contributed by atoms with E-state index >= 15 is 0 Å². The minimum absolute atomic E-state index is 0.170. The molecule has 0 bridgehead atoms. The van der Waals surface area contributed by atoms with Gasteiger partial charge in [-0.05, 0) is 24.3 Å². The molecule has 0 spiro atoms. The van der Waals surface area contributed by atoms with E-state index in [0.717, 1.165) is 0 Å². The summed E-state index contributed by atoms with van der Waals surface area (Å²) in [5.74, 6) is -0.725. The van der Waals surface area contributed by atoms with E-state index in [2.05, 4.69) is 15.5 Å². The van der Waals surface area contributed by atoms with Crippen molar-refractivity contribution in [2.45, 2.75) is 0 Å². The van der Waals surface area contributed by atoms with E-state index in [-0.39, 0.29) is 5.69 Å². The fourth-order valence-corrected chi connectivity index (χ4v) is 1.71. The van der Waals surface area contributed by atoms with Crippen molar-refractivity contribution < 1.29 is 19.1 Å². The van der Waals surface area contributed by atoms with Gasteiger partial charge in [0.25, 0.3) is 5.91 Å². The molecule has 1 heterocycles. The van der Waals surface area contributed by atoms with E-state index < -0.39 is 18.5 Å². The van der Waals surface area contributed by atoms with Crippen LogP contribution >= 0.6 is 11.6 Å². The van der Waals surface area contributed by atoms with Gasteiger partial charge in [0.05, 0.1) is 12.8 Å². The summed E-state index contributed by atoms with van der Waals surface area (Å²) in [4.78, 5) is 23.3. The number of aromatic nitrogens is 2. The number of aromatic amines is 1. The summed E-state index contributed by atoms with van der Waals surface area (Å²) in [6, 6.07) is 6.23. The van der Waals surface area contributed by atoms with Gasteiger partial charge in [0.1, 0.15) is 11.4 Å². The van der Waals surface area contributed by atoms with Crippen LogP contribution in [0.4, 0.5) is 5.69 Å². The number of nitrogens with zero attached hydrogens (tertiary/aromatic N) is 1. The van der Waals surface area contributed by atoms with Crippen molar-refractivity contribution >= 4 is 29.2 Å². The standard InChI is InChI=1S/C13H12ClN3O4/c1-20-11-3-2-8(14)6-10(11)16-12(18)7-21-13(19)9-4-5-15-17-9/h2-6H,7H2,1H3,(H,15,17)(H,16,18). The Labute approximate surface area is 125 Å². The number of hydrogen-bond donors (Lipinski definition) is 2. The molecule has 0 fully saturated rings. The zero-order valence-corrected chi connectivity index (χ0v) is 11.8. The van der Waals surface area contributed by atoms with Crippen LogP contribution in [0.1, 0.15) is 10.5 Å². The highest BCUT2D eigenvalue weighted by molar-refractivity contribution is 6.31. The van der Waals surface area contributed by atoms with Crippen molar-refractivity contribution in [2.75, 3.05) is 19.0 Å². The number of methoxy groups -OCH3 is 1. The van der Waals surface area contributed by atoms with Crippen LogP contribution in [0.3, 0.4) is 0 Å². The number of carbonyl (C=O) groups is 2. The molecule has 110 valence electrons. The van der Waals surface area contributed by atoms with Crippen LogP contribution in [-0.2, 0) is 9.53 Å². The second-order valence-electron chi connectivity index (χ2n) is 3.94. The van der Waals surface area contributed by atoms with Gasteiger partial charge in [-0.15, -0.1) is 0 Å². The smallest absolute Gasteiger partial charge is 0.356 e. The lowest BCUT2D eigenvalue weighted by molar-refractivity contribution is -0.119. The van der Waals surface area contributed by atoms with Crippen LogP contribution in [0.2, 0.25) is 5.02 Å². The molecule has 1 aromatic heterocycles. The van der Waals surface area contributed by atoms with Crippen LogP contribution in [-0.4, -0.2) is 35.8 Å². The van der Waals surface area contributed by atoms with Crippen LogP contribution in [0, 0.1) is 0 Å². The predicted octanol–water partition coefficient (Wildman–Crippen LogP) is 1.87. The maximum Gasteiger partial charge on any atom is 0.356 e. The lowest BCUT2D eigenvalue weighted by atomic mass is 10.3. The first-order chi connectivity index (χ1) is 10.1. The molecule has 0 unspecified atom stereocenters. The Hall–Kier alpha value is -2.54. The third-order valence-corrected chi connectivity index (χ3v) is 2.73. The topological polar surface area (TPSA) is 93.3 Å². The molecule has 1 amide bonds. The number of benzene rings is 1. The average Bonchev–Trinajstić information content (AvgIpc) is 2.99. The molecule has 2 N–H and O–H groups in total. The van der Waals surface area contributed by atoms with Crippen LogP contribution < -0.4 is 10.1 Å². The normalized spacial score (nSPS) is 10.0. The Kier molecular flexibility index (Phi) is 4.78. The second kappa shape index (κ2) is 6.76. The van der Waals surface area contributed by atoms with Gasteiger partial charge in [0, 0.05) is 11.2 Å². The third-order valence-electron chi connectivity index (χ3n) is 2.49. The van der Waals surface area contributed by atoms with E-state index in [4.69, 9.17) is 21.1 Å². The van der Waals surface area contributed by atoms with Crippen LogP contribution in [0.25, 0.3) is 0 Å². The van der Waals surface area contributed by atoms with Gasteiger partial charge in [-0.3, -0.25) is 9.89 Å². The lowest BCUT2D eigenvalue weighted by Crippen LogP contribution is -2.21. The van der Waals surface area contributed by atoms with Crippen LogP contribution in [0.5, 0.6) is 5.75 Å². The van der Waals surface area contributed by atoms with Gasteiger partial charge >= 0.3 is 5.97 Å². The number of hydrogen-bond acceptors (Lipinski definition) is 5. The zero-order valence-electron chi connectivity index (χ0n) is 11.1. The van der Waals surface area contributed by atoms with E-state index in [1.165, 1.54) is 25.4 Å². The molecule has 0 atom stereocenters. The number of H-pyrrole nitrogens is 1. The Balaban J connectivity index is 1.93. The van der Waals surface area contributed by atoms with E-state index in [0.29, 0.717) is 16.5 Å². The molecule has 1 aromatic carbocycles. The number of ether oxygens (including phenoxy) is 2. The first-order valence-corrected chi connectivity index (χ1v) is 6.28. The van der Waals surface area contributed by atoms with Gasteiger partial charge < -0.3 is 14.8 Å². The number of nitrogens with one attached hydrogen (secondary N) is 2. The van der Waals surface area contributed by atoms with Gasteiger partial charge in [-0.2, -0.15) is 5.10 Å². The van der Waals surface area contributed by atoms with Crippen molar-refractivity contribution in [1.29, 1.82) is 0 Å². The highest BCUT2D eigenvalue weighted by Gasteiger charge is 2.13. The van der Waals surface area contributed by atoms with Crippen LogP contribution in [0.15, 0.2) is 30.5 Å². The first kappa shape index (κ1) is 14.9. The number of amides is 1. The fraction of sp³-hybridized carbons (Fsp3) is 0.154. The molecular formula is C13H12ClN3O4. The lowest BCUT2D eigenvalue weighted by Gasteiger charge is -2.10. The highest BCUT2D eigenvalue weighted by Crippen LogP contribution is 2.27. The molecule has 21 heavy (non-hydrogen) atoms. The van der Waals surface area contributed by atoms with E-state index in [9.17, 15) is 9.59 Å².